The molecule has 0 aliphatic heterocycles. The molecular formula is C12H13ClFN3O. The molecule has 0 saturated heterocycles. The summed E-state index contributed by atoms with van der Waals surface area (Å²) in [4.78, 5) is 4.25. The van der Waals surface area contributed by atoms with Crippen molar-refractivity contribution in [2.45, 2.75) is 19.3 Å². The summed E-state index contributed by atoms with van der Waals surface area (Å²) >= 11 is 5.93. The molecule has 1 aromatic heterocycles. The van der Waals surface area contributed by atoms with Gasteiger partial charge in [0.05, 0.1) is 5.02 Å². The Bertz CT molecular complexity index is 544. The third-order valence-electron chi connectivity index (χ3n) is 2.64. The van der Waals surface area contributed by atoms with Crippen LogP contribution in [0, 0.1) is 5.82 Å². The quantitative estimate of drug-likeness (QED) is 0.927. The van der Waals surface area contributed by atoms with E-state index in [1.54, 1.807) is 0 Å². The highest BCUT2D eigenvalue weighted by atomic mass is 35.5. The van der Waals surface area contributed by atoms with E-state index in [4.69, 9.17) is 21.9 Å². The zero-order valence-corrected chi connectivity index (χ0v) is 10.6. The Labute approximate surface area is 109 Å². The van der Waals surface area contributed by atoms with E-state index in [1.165, 1.54) is 18.2 Å². The average molecular weight is 270 g/mol. The van der Waals surface area contributed by atoms with Crippen molar-refractivity contribution in [3.05, 3.63) is 34.9 Å². The molecule has 0 aliphatic carbocycles. The lowest BCUT2D eigenvalue weighted by Gasteiger charge is -2.02. The fourth-order valence-electron chi connectivity index (χ4n) is 1.59. The number of hydrogen-bond acceptors (Lipinski definition) is 4. The molecule has 0 radical (unpaired) electrons. The van der Waals surface area contributed by atoms with Gasteiger partial charge in [-0.25, -0.2) is 4.39 Å². The van der Waals surface area contributed by atoms with E-state index in [-0.39, 0.29) is 10.9 Å². The lowest BCUT2D eigenvalue weighted by Crippen LogP contribution is -2.04. The van der Waals surface area contributed by atoms with Crippen molar-refractivity contribution in [1.29, 1.82) is 0 Å². The lowest BCUT2D eigenvalue weighted by atomic mass is 10.1. The van der Waals surface area contributed by atoms with Gasteiger partial charge in [-0.3, -0.25) is 0 Å². The van der Waals surface area contributed by atoms with E-state index < -0.39 is 5.82 Å². The average Bonchev–Trinajstić information content (AvgIpc) is 2.78. The summed E-state index contributed by atoms with van der Waals surface area (Å²) in [6.45, 7) is 2.51. The highest BCUT2D eigenvalue weighted by Gasteiger charge is 2.16. The first-order valence-corrected chi connectivity index (χ1v) is 5.98. The van der Waals surface area contributed by atoms with Crippen LogP contribution in [0.1, 0.15) is 25.2 Å². The van der Waals surface area contributed by atoms with Gasteiger partial charge in [0.2, 0.25) is 11.7 Å². The van der Waals surface area contributed by atoms with Crippen molar-refractivity contribution in [2.75, 3.05) is 6.54 Å². The summed E-state index contributed by atoms with van der Waals surface area (Å²) in [5.74, 6) is 0.564. The van der Waals surface area contributed by atoms with Crippen LogP contribution >= 0.6 is 11.6 Å². The predicted molar refractivity (Wildman–Crippen MR) is 66.8 cm³/mol. The molecule has 2 N–H and O–H groups in total. The normalized spacial score (nSPS) is 12.7. The van der Waals surface area contributed by atoms with Gasteiger partial charge in [0.25, 0.3) is 0 Å². The summed E-state index contributed by atoms with van der Waals surface area (Å²) in [6, 6.07) is 4.05. The number of benzene rings is 1. The number of nitrogens with zero attached hydrogens (tertiary/aromatic N) is 2. The first-order valence-electron chi connectivity index (χ1n) is 5.61. The number of aromatic nitrogens is 2. The molecule has 0 fully saturated rings. The van der Waals surface area contributed by atoms with Crippen molar-refractivity contribution in [1.82, 2.24) is 10.1 Å². The topological polar surface area (TPSA) is 64.9 Å². The van der Waals surface area contributed by atoms with Gasteiger partial charge in [0, 0.05) is 11.5 Å². The predicted octanol–water partition coefficient (Wildman–Crippen LogP) is 2.98. The second-order valence-electron chi connectivity index (χ2n) is 4.06. The number of nitrogens with two attached hydrogens (primary N) is 1. The molecule has 1 heterocycles. The number of halogens is 2. The van der Waals surface area contributed by atoms with Crippen LogP contribution in [-0.4, -0.2) is 16.7 Å². The molecule has 4 nitrogen and oxygen atoms in total. The van der Waals surface area contributed by atoms with Crippen LogP contribution in [0.2, 0.25) is 5.02 Å². The van der Waals surface area contributed by atoms with E-state index >= 15 is 0 Å². The van der Waals surface area contributed by atoms with Crippen LogP contribution in [0.25, 0.3) is 11.4 Å². The van der Waals surface area contributed by atoms with Crippen molar-refractivity contribution in [2.24, 2.45) is 5.73 Å². The van der Waals surface area contributed by atoms with Crippen LogP contribution in [0.5, 0.6) is 0 Å². The standard InChI is InChI=1S/C12H13ClFN3O/c1-7(4-5-15)12-16-11(17-18-12)9-3-2-8(14)6-10(9)13/h2-3,6-7H,4-5,15H2,1H3. The van der Waals surface area contributed by atoms with Crippen molar-refractivity contribution in [3.8, 4) is 11.4 Å². The van der Waals surface area contributed by atoms with Crippen molar-refractivity contribution in [3.63, 3.8) is 0 Å². The van der Waals surface area contributed by atoms with E-state index in [0.29, 0.717) is 23.8 Å². The fourth-order valence-corrected chi connectivity index (χ4v) is 1.84. The maximum Gasteiger partial charge on any atom is 0.229 e. The molecule has 0 spiro atoms. The second-order valence-corrected chi connectivity index (χ2v) is 4.47. The maximum atomic E-state index is 12.9. The highest BCUT2D eigenvalue weighted by Crippen LogP contribution is 2.27. The first kappa shape index (κ1) is 13.0. The number of hydrogen-bond donors (Lipinski definition) is 1. The minimum Gasteiger partial charge on any atom is -0.339 e. The Morgan fingerprint density at radius 1 is 1.50 bits per heavy atom. The lowest BCUT2D eigenvalue weighted by molar-refractivity contribution is 0.355. The molecule has 2 aromatic rings. The van der Waals surface area contributed by atoms with Crippen molar-refractivity contribution < 1.29 is 8.91 Å². The number of rotatable bonds is 4. The molecule has 0 amide bonds. The molecular weight excluding hydrogens is 257 g/mol. The van der Waals surface area contributed by atoms with E-state index in [1.807, 2.05) is 6.92 Å². The third-order valence-corrected chi connectivity index (χ3v) is 2.95. The second kappa shape index (κ2) is 5.46. The Morgan fingerprint density at radius 2 is 2.28 bits per heavy atom. The molecule has 0 aliphatic rings. The Balaban J connectivity index is 2.29. The Kier molecular flexibility index (Phi) is 3.93. The van der Waals surface area contributed by atoms with E-state index in [9.17, 15) is 4.39 Å². The molecule has 1 unspecified atom stereocenters. The van der Waals surface area contributed by atoms with Crippen LogP contribution in [0.4, 0.5) is 4.39 Å². The van der Waals surface area contributed by atoms with Gasteiger partial charge in [0.15, 0.2) is 0 Å². The summed E-state index contributed by atoms with van der Waals surface area (Å²) in [6.07, 6.45) is 0.763. The fraction of sp³-hybridized carbons (Fsp3) is 0.333. The molecule has 18 heavy (non-hydrogen) atoms. The summed E-state index contributed by atoms with van der Waals surface area (Å²) in [5.41, 5.74) is 6.02. The van der Waals surface area contributed by atoms with Gasteiger partial charge in [-0.2, -0.15) is 4.98 Å². The Hall–Kier alpha value is -1.46. The third kappa shape index (κ3) is 2.68. The minimum atomic E-state index is -0.399. The summed E-state index contributed by atoms with van der Waals surface area (Å²) < 4.78 is 18.1. The van der Waals surface area contributed by atoms with E-state index in [0.717, 1.165) is 6.42 Å². The van der Waals surface area contributed by atoms with Crippen molar-refractivity contribution >= 4 is 11.6 Å². The van der Waals surface area contributed by atoms with Crippen LogP contribution in [-0.2, 0) is 0 Å². The van der Waals surface area contributed by atoms with Crippen LogP contribution in [0.15, 0.2) is 22.7 Å². The summed E-state index contributed by atoms with van der Waals surface area (Å²) in [7, 11) is 0. The SMILES string of the molecule is CC(CCN)c1nc(-c2ccc(F)cc2Cl)no1. The largest absolute Gasteiger partial charge is 0.339 e. The van der Waals surface area contributed by atoms with Crippen LogP contribution in [0.3, 0.4) is 0 Å². The van der Waals surface area contributed by atoms with Gasteiger partial charge in [0.1, 0.15) is 5.82 Å². The molecule has 1 aromatic carbocycles. The molecule has 96 valence electrons. The zero-order chi connectivity index (χ0) is 13.1. The first-order chi connectivity index (χ1) is 8.61. The summed E-state index contributed by atoms with van der Waals surface area (Å²) in [5, 5.41) is 4.10. The van der Waals surface area contributed by atoms with E-state index in [2.05, 4.69) is 10.1 Å². The van der Waals surface area contributed by atoms with Gasteiger partial charge in [-0.05, 0) is 31.2 Å². The monoisotopic (exact) mass is 269 g/mol. The smallest absolute Gasteiger partial charge is 0.229 e. The zero-order valence-electron chi connectivity index (χ0n) is 9.86. The van der Waals surface area contributed by atoms with Gasteiger partial charge in [-0.15, -0.1) is 0 Å². The molecule has 6 heteroatoms. The maximum absolute atomic E-state index is 12.9. The highest BCUT2D eigenvalue weighted by molar-refractivity contribution is 6.33. The molecule has 1 atom stereocenters. The molecule has 2 rings (SSSR count). The van der Waals surface area contributed by atoms with Crippen LogP contribution < -0.4 is 5.73 Å². The molecule has 0 saturated carbocycles. The van der Waals surface area contributed by atoms with Gasteiger partial charge < -0.3 is 10.3 Å². The van der Waals surface area contributed by atoms with Gasteiger partial charge in [-0.1, -0.05) is 23.7 Å². The Morgan fingerprint density at radius 3 is 2.94 bits per heavy atom. The molecule has 0 bridgehead atoms. The van der Waals surface area contributed by atoms with Gasteiger partial charge >= 0.3 is 0 Å². The minimum absolute atomic E-state index is 0.0930.